The Kier molecular flexibility index (Phi) is 16.8. The maximum Gasteiger partial charge on any atom is 0.255 e. The first kappa shape index (κ1) is 43.8. The highest BCUT2D eigenvalue weighted by atomic mass is 35.5. The number of halogens is 2. The molecule has 0 spiro atoms. The fourth-order valence-electron chi connectivity index (χ4n) is 6.19. The van der Waals surface area contributed by atoms with Gasteiger partial charge < -0.3 is 39.9 Å². The van der Waals surface area contributed by atoms with Crippen LogP contribution in [0, 0.1) is 13.8 Å². The van der Waals surface area contributed by atoms with Crippen LogP contribution in [0.2, 0.25) is 0 Å². The van der Waals surface area contributed by atoms with Gasteiger partial charge in [0.05, 0.1) is 35.8 Å². The number of likely N-dealkylation sites (N-methyl/N-ethyl adjacent to an activating group) is 2. The standard InChI is InChI=1S/C45H48N9O.2ClH/c1-5-53(31-29-51-25-9-7-10-26-51)41-21-23-43(35(3)33-41)49-47-39-15-13-37(14-16-39)45(55)46-38-17-19-40(20-18-38)48-50-44-24-22-42(34-36(44)4)54(6-2)32-30-52-27-11-8-12-28-52;;/h7-28,33-34H,5-6,29-32H2,1-4H3;2*1H/q+1;;/p-1. The maximum absolute atomic E-state index is 13.0. The summed E-state index contributed by atoms with van der Waals surface area (Å²) >= 11 is 0. The van der Waals surface area contributed by atoms with Gasteiger partial charge in [-0.3, -0.25) is 4.79 Å². The van der Waals surface area contributed by atoms with E-state index in [4.69, 9.17) is 0 Å². The van der Waals surface area contributed by atoms with Crippen LogP contribution in [0.3, 0.4) is 0 Å². The number of hydrogen-bond donors (Lipinski definition) is 1. The molecule has 1 amide bonds. The first-order chi connectivity index (χ1) is 26.9. The summed E-state index contributed by atoms with van der Waals surface area (Å²) in [6, 6.07) is 39.2. The third kappa shape index (κ3) is 12.5. The number of carbonyl (C=O) groups is 1. The molecule has 0 atom stereocenters. The first-order valence-corrected chi connectivity index (χ1v) is 18.8. The smallest absolute Gasteiger partial charge is 0.255 e. The Morgan fingerprint density at radius 1 is 0.561 bits per heavy atom. The van der Waals surface area contributed by atoms with Crippen LogP contribution in [0.25, 0.3) is 0 Å². The van der Waals surface area contributed by atoms with Gasteiger partial charge in [-0.15, -0.1) is 0 Å². The highest BCUT2D eigenvalue weighted by Crippen LogP contribution is 2.29. The molecule has 2 heterocycles. The van der Waals surface area contributed by atoms with Gasteiger partial charge in [0.1, 0.15) is 0 Å². The van der Waals surface area contributed by atoms with Crippen molar-refractivity contribution < 1.29 is 38.7 Å². The molecule has 0 aliphatic carbocycles. The van der Waals surface area contributed by atoms with E-state index in [1.165, 1.54) is 5.69 Å². The molecule has 0 aliphatic rings. The van der Waals surface area contributed by atoms with Crippen LogP contribution < -0.4 is 49.1 Å². The van der Waals surface area contributed by atoms with Crippen molar-refractivity contribution in [3.8, 4) is 0 Å². The monoisotopic (exact) mass is 801 g/mol. The number of nitrogens with zero attached hydrogens (tertiary/aromatic N) is 8. The van der Waals surface area contributed by atoms with Gasteiger partial charge in [-0.05, 0) is 124 Å². The number of aryl methyl sites for hydroxylation is 2. The number of amides is 1. The molecule has 6 aromatic rings. The molecule has 0 fully saturated rings. The third-order valence-corrected chi connectivity index (χ3v) is 9.47. The van der Waals surface area contributed by atoms with Gasteiger partial charge in [-0.1, -0.05) is 12.1 Å². The molecule has 4 aromatic carbocycles. The van der Waals surface area contributed by atoms with Gasteiger partial charge in [0.15, 0.2) is 37.9 Å². The van der Waals surface area contributed by atoms with Crippen LogP contribution >= 0.6 is 0 Å². The molecule has 0 bridgehead atoms. The lowest BCUT2D eigenvalue weighted by atomic mass is 10.1. The first-order valence-electron chi connectivity index (χ1n) is 18.8. The van der Waals surface area contributed by atoms with Gasteiger partial charge in [0.2, 0.25) is 0 Å². The Labute approximate surface area is 348 Å². The fraction of sp³-hybridized carbons (Fsp3) is 0.222. The Balaban J connectivity index is 0.00000360. The van der Waals surface area contributed by atoms with Crippen molar-refractivity contribution >= 4 is 45.7 Å². The number of anilines is 3. The van der Waals surface area contributed by atoms with Gasteiger partial charge in [-0.2, -0.15) is 20.5 Å². The number of azo groups is 2. The number of rotatable bonds is 16. The second kappa shape index (κ2) is 21.9. The number of aromatic nitrogens is 2. The normalized spacial score (nSPS) is 10.9. The molecule has 0 aliphatic heterocycles. The van der Waals surface area contributed by atoms with E-state index in [1.54, 1.807) is 24.3 Å². The summed E-state index contributed by atoms with van der Waals surface area (Å²) in [4.78, 5) is 17.7. The molecule has 0 saturated carbocycles. The van der Waals surface area contributed by atoms with Crippen LogP contribution in [-0.2, 0) is 13.1 Å². The predicted octanol–water partition coefficient (Wildman–Crippen LogP) is 4.02. The fourth-order valence-corrected chi connectivity index (χ4v) is 6.19. The minimum atomic E-state index is -0.213. The Hall–Kier alpha value is -5.97. The molecule has 6 rings (SSSR count). The lowest BCUT2D eigenvalue weighted by Gasteiger charge is -2.22. The van der Waals surface area contributed by atoms with Crippen molar-refractivity contribution in [3.63, 3.8) is 0 Å². The zero-order valence-electron chi connectivity index (χ0n) is 32.8. The minimum Gasteiger partial charge on any atom is -1.00 e. The van der Waals surface area contributed by atoms with Gasteiger partial charge in [0.25, 0.3) is 5.91 Å². The van der Waals surface area contributed by atoms with E-state index < -0.39 is 0 Å². The van der Waals surface area contributed by atoms with Crippen molar-refractivity contribution in [1.29, 1.82) is 0 Å². The molecule has 12 heteroatoms. The molecule has 1 N–H and O–H groups in total. The lowest BCUT2D eigenvalue weighted by Crippen LogP contribution is -3.00. The van der Waals surface area contributed by atoms with E-state index in [0.29, 0.717) is 22.6 Å². The quantitative estimate of drug-likeness (QED) is 0.119. The molecular weight excluding hydrogens is 753 g/mol. The molecule has 0 saturated heterocycles. The Morgan fingerprint density at radius 2 is 0.982 bits per heavy atom. The zero-order chi connectivity index (χ0) is 38.4. The highest BCUT2D eigenvalue weighted by Gasteiger charge is 2.12. The predicted molar refractivity (Wildman–Crippen MR) is 221 cm³/mol. The lowest BCUT2D eigenvalue weighted by molar-refractivity contribution is -0.694. The third-order valence-electron chi connectivity index (χ3n) is 9.47. The highest BCUT2D eigenvalue weighted by molar-refractivity contribution is 6.04. The Bertz CT molecular complexity index is 2220. The summed E-state index contributed by atoms with van der Waals surface area (Å²) in [6.45, 7) is 13.9. The SMILES string of the molecule is CCN(CC[n+]1ccccc1)c1ccc(N=Nc2ccc(NC(=O)c3ccc(N=Nc4ccc(N(CC)CC[n+]5ccccc5)cc4C)cc3)cc2)c(C)c1.[Cl-].[Cl-]. The second-order valence-corrected chi connectivity index (χ2v) is 13.3. The van der Waals surface area contributed by atoms with Crippen LogP contribution in [0.15, 0.2) is 167 Å². The maximum atomic E-state index is 13.0. The number of pyridine rings is 2. The van der Waals surface area contributed by atoms with Crippen molar-refractivity contribution in [2.45, 2.75) is 40.8 Å². The van der Waals surface area contributed by atoms with E-state index in [9.17, 15) is 4.79 Å². The minimum absolute atomic E-state index is 0. The average molecular weight is 803 g/mol. The second-order valence-electron chi connectivity index (χ2n) is 13.3. The molecule has 0 radical (unpaired) electrons. The van der Waals surface area contributed by atoms with E-state index in [-0.39, 0.29) is 30.7 Å². The van der Waals surface area contributed by atoms with Crippen molar-refractivity contribution in [1.82, 2.24) is 0 Å². The number of benzene rings is 4. The van der Waals surface area contributed by atoms with E-state index >= 15 is 0 Å². The number of nitrogens with one attached hydrogen (secondary N) is 1. The van der Waals surface area contributed by atoms with Crippen LogP contribution in [0.5, 0.6) is 0 Å². The van der Waals surface area contributed by atoms with Crippen LogP contribution in [0.1, 0.15) is 35.3 Å². The van der Waals surface area contributed by atoms with Crippen molar-refractivity contribution in [2.24, 2.45) is 20.5 Å². The number of hydrogen-bond acceptors (Lipinski definition) is 7. The summed E-state index contributed by atoms with van der Waals surface area (Å²) in [6.07, 6.45) is 8.36. The van der Waals surface area contributed by atoms with E-state index in [1.807, 2.05) is 67.6 Å². The van der Waals surface area contributed by atoms with E-state index in [2.05, 4.69) is 127 Å². The van der Waals surface area contributed by atoms with Gasteiger partial charge >= 0.3 is 0 Å². The number of carbonyl (C=O) groups excluding carboxylic acids is 1. The Morgan fingerprint density at radius 3 is 1.39 bits per heavy atom. The van der Waals surface area contributed by atoms with E-state index in [0.717, 1.165) is 67.5 Å². The van der Waals surface area contributed by atoms with Crippen molar-refractivity contribution in [3.05, 3.63) is 163 Å². The molecular formula is C45H49Cl2N9O. The van der Waals surface area contributed by atoms with Gasteiger partial charge in [0, 0.05) is 60.0 Å². The van der Waals surface area contributed by atoms with Crippen molar-refractivity contribution in [2.75, 3.05) is 41.3 Å². The summed E-state index contributed by atoms with van der Waals surface area (Å²) in [5, 5.41) is 20.8. The van der Waals surface area contributed by atoms with Crippen LogP contribution in [0.4, 0.5) is 39.8 Å². The topological polar surface area (TPSA) is 92.8 Å². The molecule has 57 heavy (non-hydrogen) atoms. The molecule has 2 aromatic heterocycles. The molecule has 294 valence electrons. The summed E-state index contributed by atoms with van der Waals surface area (Å²) in [5.41, 5.74) is 8.61. The average Bonchev–Trinajstić information content (AvgIpc) is 3.22. The van der Waals surface area contributed by atoms with Gasteiger partial charge in [-0.25, -0.2) is 9.13 Å². The largest absolute Gasteiger partial charge is 1.00 e. The molecule has 0 unspecified atom stereocenters. The zero-order valence-corrected chi connectivity index (χ0v) is 34.4. The summed E-state index contributed by atoms with van der Waals surface area (Å²) in [7, 11) is 0. The molecule has 10 nitrogen and oxygen atoms in total. The van der Waals surface area contributed by atoms with Crippen LogP contribution in [-0.4, -0.2) is 32.1 Å². The summed E-state index contributed by atoms with van der Waals surface area (Å²) in [5.74, 6) is -0.213. The summed E-state index contributed by atoms with van der Waals surface area (Å²) < 4.78 is 4.38.